The van der Waals surface area contributed by atoms with E-state index in [0.717, 1.165) is 15.7 Å². The first-order chi connectivity index (χ1) is 14.5. The largest absolute Gasteiger partial charge is 0.507 e. The number of aromatic amines is 1. The summed E-state index contributed by atoms with van der Waals surface area (Å²) in [4.78, 5) is 12.5. The minimum Gasteiger partial charge on any atom is -0.507 e. The number of amides is 1. The fraction of sp³-hybridized carbons (Fsp3) is 0.143. The standard InChI is InChI=1S/C21H19N5O2S2/c1-12-5-3-7-14(9-12)11-29-21-26-25-20(30-21)22-19(28)17-10-16(23-24-17)15-8-4-6-13(2)18(15)27/h3-10,27H,11H2,1-2H3,(H,23,24)(H,22,25,28). The summed E-state index contributed by atoms with van der Waals surface area (Å²) >= 11 is 2.90. The summed E-state index contributed by atoms with van der Waals surface area (Å²) in [6.07, 6.45) is 0. The molecule has 2 aromatic carbocycles. The Balaban J connectivity index is 1.40. The third kappa shape index (κ3) is 4.52. The molecule has 0 saturated carbocycles. The van der Waals surface area contributed by atoms with Crippen LogP contribution in [-0.4, -0.2) is 31.4 Å². The first-order valence-electron chi connectivity index (χ1n) is 9.17. The quantitative estimate of drug-likeness (QED) is 0.296. The van der Waals surface area contributed by atoms with Gasteiger partial charge in [-0.25, -0.2) is 0 Å². The second-order valence-electron chi connectivity index (χ2n) is 6.74. The number of phenolic OH excluding ortho intramolecular Hbond substituents is 1. The summed E-state index contributed by atoms with van der Waals surface area (Å²) in [5, 5.41) is 28.4. The molecule has 0 fully saturated rings. The molecule has 0 aliphatic heterocycles. The molecule has 2 heterocycles. The first-order valence-corrected chi connectivity index (χ1v) is 11.0. The van der Waals surface area contributed by atoms with Gasteiger partial charge in [0.25, 0.3) is 5.91 Å². The van der Waals surface area contributed by atoms with Crippen LogP contribution in [0.4, 0.5) is 5.13 Å². The van der Waals surface area contributed by atoms with E-state index < -0.39 is 0 Å². The number of nitrogens with one attached hydrogen (secondary N) is 2. The molecule has 30 heavy (non-hydrogen) atoms. The van der Waals surface area contributed by atoms with Gasteiger partial charge >= 0.3 is 0 Å². The number of nitrogens with zero attached hydrogens (tertiary/aromatic N) is 3. The highest BCUT2D eigenvalue weighted by molar-refractivity contribution is 8.00. The van der Waals surface area contributed by atoms with Crippen molar-refractivity contribution in [2.75, 3.05) is 5.32 Å². The molecule has 0 unspecified atom stereocenters. The molecule has 9 heteroatoms. The Kier molecular flexibility index (Phi) is 5.82. The molecule has 4 rings (SSSR count). The zero-order valence-electron chi connectivity index (χ0n) is 16.3. The average molecular weight is 438 g/mol. The van der Waals surface area contributed by atoms with Crippen LogP contribution in [0.25, 0.3) is 11.3 Å². The zero-order valence-corrected chi connectivity index (χ0v) is 18.0. The maximum absolute atomic E-state index is 12.5. The topological polar surface area (TPSA) is 104 Å². The molecule has 0 atom stereocenters. The summed E-state index contributed by atoms with van der Waals surface area (Å²) in [5.41, 5.74) is 4.51. The summed E-state index contributed by atoms with van der Waals surface area (Å²) in [7, 11) is 0. The Bertz CT molecular complexity index is 1200. The number of phenols is 1. The van der Waals surface area contributed by atoms with Gasteiger partial charge in [-0.3, -0.25) is 15.2 Å². The molecule has 4 aromatic rings. The number of para-hydroxylation sites is 1. The minimum absolute atomic E-state index is 0.148. The molecule has 3 N–H and O–H groups in total. The van der Waals surface area contributed by atoms with E-state index in [1.807, 2.05) is 25.1 Å². The second-order valence-corrected chi connectivity index (χ2v) is 8.94. The van der Waals surface area contributed by atoms with Crippen molar-refractivity contribution >= 4 is 34.1 Å². The number of aromatic nitrogens is 4. The fourth-order valence-electron chi connectivity index (χ4n) is 2.87. The Hall–Kier alpha value is -3.17. The van der Waals surface area contributed by atoms with Crippen LogP contribution in [0.2, 0.25) is 0 Å². The van der Waals surface area contributed by atoms with Crippen molar-refractivity contribution in [3.8, 4) is 17.0 Å². The van der Waals surface area contributed by atoms with E-state index >= 15 is 0 Å². The number of aromatic hydroxyl groups is 1. The second kappa shape index (κ2) is 8.68. The molecule has 0 bridgehead atoms. The number of carbonyl (C=O) groups is 1. The van der Waals surface area contributed by atoms with Gasteiger partial charge < -0.3 is 5.11 Å². The van der Waals surface area contributed by atoms with Crippen molar-refractivity contribution < 1.29 is 9.90 Å². The number of benzene rings is 2. The highest BCUT2D eigenvalue weighted by atomic mass is 32.2. The van der Waals surface area contributed by atoms with Crippen LogP contribution in [-0.2, 0) is 5.75 Å². The number of aryl methyl sites for hydroxylation is 2. The van der Waals surface area contributed by atoms with Gasteiger partial charge in [0.2, 0.25) is 5.13 Å². The van der Waals surface area contributed by atoms with Crippen LogP contribution >= 0.6 is 23.1 Å². The van der Waals surface area contributed by atoms with Gasteiger partial charge in [-0.2, -0.15) is 5.10 Å². The average Bonchev–Trinajstić information content (AvgIpc) is 3.38. The Morgan fingerprint density at radius 2 is 2.00 bits per heavy atom. The number of carbonyl (C=O) groups excluding carboxylic acids is 1. The van der Waals surface area contributed by atoms with Crippen LogP contribution in [0.5, 0.6) is 5.75 Å². The van der Waals surface area contributed by atoms with Crippen molar-refractivity contribution in [3.05, 3.63) is 70.9 Å². The summed E-state index contributed by atoms with van der Waals surface area (Å²) < 4.78 is 0.779. The van der Waals surface area contributed by atoms with Crippen LogP contribution in [0.3, 0.4) is 0 Å². The highest BCUT2D eigenvalue weighted by Gasteiger charge is 2.16. The molecule has 1 amide bonds. The van der Waals surface area contributed by atoms with Gasteiger partial charge in [0.15, 0.2) is 4.34 Å². The summed E-state index contributed by atoms with van der Waals surface area (Å²) in [6.45, 7) is 3.87. The Labute approximate surface area is 181 Å². The van der Waals surface area contributed by atoms with Gasteiger partial charge in [-0.15, -0.1) is 10.2 Å². The molecule has 0 aliphatic carbocycles. The monoisotopic (exact) mass is 437 g/mol. The molecule has 152 valence electrons. The Morgan fingerprint density at radius 3 is 2.83 bits per heavy atom. The first kappa shape index (κ1) is 20.1. The zero-order chi connectivity index (χ0) is 21.1. The molecule has 0 saturated heterocycles. The van der Waals surface area contributed by atoms with E-state index in [-0.39, 0.29) is 17.4 Å². The van der Waals surface area contributed by atoms with Gasteiger partial charge in [0.05, 0.1) is 5.69 Å². The minimum atomic E-state index is -0.368. The third-order valence-corrected chi connectivity index (χ3v) is 6.45. The lowest BCUT2D eigenvalue weighted by molar-refractivity contribution is 0.102. The molecule has 7 nitrogen and oxygen atoms in total. The van der Waals surface area contributed by atoms with E-state index in [1.165, 1.54) is 22.5 Å². The van der Waals surface area contributed by atoms with Crippen LogP contribution in [0, 0.1) is 13.8 Å². The number of H-pyrrole nitrogens is 1. The third-order valence-electron chi connectivity index (χ3n) is 4.41. The molecular formula is C21H19N5O2S2. The van der Waals surface area contributed by atoms with E-state index in [4.69, 9.17) is 0 Å². The van der Waals surface area contributed by atoms with Gasteiger partial charge in [0, 0.05) is 11.3 Å². The lowest BCUT2D eigenvalue weighted by Crippen LogP contribution is -2.12. The molecule has 0 radical (unpaired) electrons. The molecule has 0 spiro atoms. The molecule has 2 aromatic heterocycles. The van der Waals surface area contributed by atoms with Crippen molar-refractivity contribution in [2.45, 2.75) is 23.9 Å². The summed E-state index contributed by atoms with van der Waals surface area (Å²) in [5.74, 6) is 0.566. The van der Waals surface area contributed by atoms with Crippen molar-refractivity contribution in [1.82, 2.24) is 20.4 Å². The van der Waals surface area contributed by atoms with Gasteiger partial charge in [-0.1, -0.05) is 65.1 Å². The van der Waals surface area contributed by atoms with Crippen LogP contribution < -0.4 is 5.32 Å². The van der Waals surface area contributed by atoms with Crippen LogP contribution in [0.1, 0.15) is 27.2 Å². The van der Waals surface area contributed by atoms with E-state index in [2.05, 4.69) is 50.8 Å². The van der Waals surface area contributed by atoms with Crippen LogP contribution in [0.15, 0.2) is 52.9 Å². The van der Waals surface area contributed by atoms with Crippen molar-refractivity contribution in [2.24, 2.45) is 0 Å². The number of rotatable bonds is 6. The fourth-order valence-corrected chi connectivity index (χ4v) is 4.56. The number of hydrogen-bond donors (Lipinski definition) is 3. The van der Waals surface area contributed by atoms with Crippen molar-refractivity contribution in [1.29, 1.82) is 0 Å². The van der Waals surface area contributed by atoms with Crippen molar-refractivity contribution in [3.63, 3.8) is 0 Å². The van der Waals surface area contributed by atoms with E-state index in [1.54, 1.807) is 23.9 Å². The van der Waals surface area contributed by atoms with Gasteiger partial charge in [0.1, 0.15) is 11.4 Å². The smallest absolute Gasteiger partial charge is 0.275 e. The van der Waals surface area contributed by atoms with E-state index in [0.29, 0.717) is 16.4 Å². The summed E-state index contributed by atoms with van der Waals surface area (Å²) in [6, 6.07) is 15.3. The number of hydrogen-bond acceptors (Lipinski definition) is 7. The lowest BCUT2D eigenvalue weighted by Gasteiger charge is -2.03. The number of anilines is 1. The predicted octanol–water partition coefficient (Wildman–Crippen LogP) is 4.80. The highest BCUT2D eigenvalue weighted by Crippen LogP contribution is 2.31. The predicted molar refractivity (Wildman–Crippen MR) is 119 cm³/mol. The normalized spacial score (nSPS) is 10.9. The number of thioether (sulfide) groups is 1. The molecule has 0 aliphatic rings. The maximum atomic E-state index is 12.5. The Morgan fingerprint density at radius 1 is 1.17 bits per heavy atom. The SMILES string of the molecule is Cc1cccc(CSc2nnc(NC(=O)c3cc(-c4cccc(C)c4O)n[nH]3)s2)c1. The van der Waals surface area contributed by atoms with Gasteiger partial charge in [-0.05, 0) is 37.1 Å². The van der Waals surface area contributed by atoms with E-state index in [9.17, 15) is 9.90 Å². The molecular weight excluding hydrogens is 418 g/mol. The maximum Gasteiger partial charge on any atom is 0.275 e. The lowest BCUT2D eigenvalue weighted by atomic mass is 10.1.